The van der Waals surface area contributed by atoms with Crippen LogP contribution in [-0.4, -0.2) is 26.6 Å². The third-order valence-electron chi connectivity index (χ3n) is 5.08. The van der Waals surface area contributed by atoms with Gasteiger partial charge in [0.25, 0.3) is 5.91 Å². The molecule has 0 aliphatic heterocycles. The Balaban J connectivity index is 1.33. The molecule has 0 fully saturated rings. The summed E-state index contributed by atoms with van der Waals surface area (Å²) in [7, 11) is 0. The van der Waals surface area contributed by atoms with E-state index < -0.39 is 5.91 Å². The lowest BCUT2D eigenvalue weighted by molar-refractivity contribution is -0.121. The second kappa shape index (κ2) is 8.52. The number of aromatic amines is 1. The predicted molar refractivity (Wildman–Crippen MR) is 124 cm³/mol. The van der Waals surface area contributed by atoms with Gasteiger partial charge in [0, 0.05) is 23.3 Å². The topological polar surface area (TPSA) is 91.8 Å². The lowest BCUT2D eigenvalue weighted by Gasteiger charge is -2.07. The maximum Gasteiger partial charge on any atom is 0.273 e. The molecular formula is C24H19N5O2S. The van der Waals surface area contributed by atoms with E-state index in [0.29, 0.717) is 11.3 Å². The van der Waals surface area contributed by atoms with Gasteiger partial charge in [-0.1, -0.05) is 42.5 Å². The molecule has 0 aliphatic carbocycles. The second-order valence-electron chi connectivity index (χ2n) is 7.19. The van der Waals surface area contributed by atoms with E-state index in [-0.39, 0.29) is 12.3 Å². The van der Waals surface area contributed by atoms with E-state index in [0.717, 1.165) is 27.0 Å². The molecule has 0 saturated carbocycles. The van der Waals surface area contributed by atoms with Gasteiger partial charge in [-0.25, -0.2) is 4.68 Å². The van der Waals surface area contributed by atoms with Crippen LogP contribution in [0.25, 0.3) is 27.2 Å². The Morgan fingerprint density at radius 2 is 1.78 bits per heavy atom. The fourth-order valence-electron chi connectivity index (χ4n) is 3.54. The van der Waals surface area contributed by atoms with E-state index in [1.165, 1.54) is 11.3 Å². The number of carbonyl (C=O) groups excluding carboxylic acids is 2. The lowest BCUT2D eigenvalue weighted by Crippen LogP contribution is -2.42. The number of H-pyrrole nitrogens is 1. The number of hydrazine groups is 1. The number of hydrogen-bond acceptors (Lipinski definition) is 4. The number of benzene rings is 2. The first kappa shape index (κ1) is 19.8. The number of carbonyl (C=O) groups is 2. The lowest BCUT2D eigenvalue weighted by atomic mass is 10.1. The Morgan fingerprint density at radius 3 is 2.59 bits per heavy atom. The fourth-order valence-corrected chi connectivity index (χ4v) is 4.26. The van der Waals surface area contributed by atoms with Gasteiger partial charge in [-0.05, 0) is 35.2 Å². The van der Waals surface area contributed by atoms with Crippen LogP contribution in [0.4, 0.5) is 0 Å². The fraction of sp³-hybridized carbons (Fsp3) is 0.0417. The van der Waals surface area contributed by atoms with E-state index in [9.17, 15) is 9.59 Å². The number of amides is 2. The Morgan fingerprint density at radius 1 is 0.969 bits per heavy atom. The van der Waals surface area contributed by atoms with Crippen LogP contribution >= 0.6 is 11.3 Å². The highest BCUT2D eigenvalue weighted by atomic mass is 32.1. The van der Waals surface area contributed by atoms with E-state index in [4.69, 9.17) is 0 Å². The molecule has 0 aliphatic rings. The summed E-state index contributed by atoms with van der Waals surface area (Å²) in [5, 5.41) is 7.53. The number of para-hydroxylation sites is 2. The van der Waals surface area contributed by atoms with Crippen LogP contribution in [0.5, 0.6) is 0 Å². The molecule has 8 heteroatoms. The monoisotopic (exact) mass is 441 g/mol. The van der Waals surface area contributed by atoms with Gasteiger partial charge < -0.3 is 4.98 Å². The summed E-state index contributed by atoms with van der Waals surface area (Å²) in [5.74, 6) is -0.737. The van der Waals surface area contributed by atoms with Gasteiger partial charge in [0.2, 0.25) is 5.91 Å². The molecule has 3 aromatic heterocycles. The van der Waals surface area contributed by atoms with Crippen molar-refractivity contribution >= 4 is 34.1 Å². The molecule has 5 rings (SSSR count). The van der Waals surface area contributed by atoms with Gasteiger partial charge in [0.05, 0.1) is 22.5 Å². The summed E-state index contributed by atoms with van der Waals surface area (Å²) in [6, 6.07) is 21.2. The van der Waals surface area contributed by atoms with E-state index in [1.54, 1.807) is 10.9 Å². The molecular weight excluding hydrogens is 422 g/mol. The summed E-state index contributed by atoms with van der Waals surface area (Å²) in [6.07, 6.45) is 3.63. The number of rotatable bonds is 5. The zero-order chi connectivity index (χ0) is 21.9. The van der Waals surface area contributed by atoms with Gasteiger partial charge >= 0.3 is 0 Å². The first-order valence-electron chi connectivity index (χ1n) is 10.0. The molecule has 3 heterocycles. The van der Waals surface area contributed by atoms with Crippen molar-refractivity contribution in [3.8, 4) is 16.3 Å². The SMILES string of the molecule is O=C(Cc1c[nH]c2ccccc12)NNC(=O)c1cn(-c2ccccc2)nc1-c1cccs1. The van der Waals surface area contributed by atoms with Gasteiger partial charge in [-0.15, -0.1) is 11.3 Å². The van der Waals surface area contributed by atoms with Gasteiger partial charge in [-0.2, -0.15) is 5.10 Å². The van der Waals surface area contributed by atoms with Crippen LogP contribution in [0.15, 0.2) is 84.5 Å². The number of aromatic nitrogens is 3. The molecule has 5 aromatic rings. The molecule has 0 spiro atoms. The summed E-state index contributed by atoms with van der Waals surface area (Å²) >= 11 is 1.50. The highest BCUT2D eigenvalue weighted by molar-refractivity contribution is 7.13. The highest BCUT2D eigenvalue weighted by Gasteiger charge is 2.20. The van der Waals surface area contributed by atoms with Crippen molar-refractivity contribution in [3.63, 3.8) is 0 Å². The summed E-state index contributed by atoms with van der Waals surface area (Å²) in [4.78, 5) is 29.4. The number of nitrogens with one attached hydrogen (secondary N) is 3. The Bertz CT molecular complexity index is 1390. The molecule has 3 N–H and O–H groups in total. The Kier molecular flexibility index (Phi) is 5.27. The van der Waals surface area contributed by atoms with Crippen molar-refractivity contribution in [2.45, 2.75) is 6.42 Å². The first-order chi connectivity index (χ1) is 15.7. The first-order valence-corrected chi connectivity index (χ1v) is 10.9. The molecule has 0 atom stereocenters. The normalized spacial score (nSPS) is 10.9. The average molecular weight is 442 g/mol. The number of thiophene rings is 1. The molecule has 0 bridgehead atoms. The maximum absolute atomic E-state index is 12.9. The maximum atomic E-state index is 12.9. The van der Waals surface area contributed by atoms with Crippen LogP contribution in [0, 0.1) is 0 Å². The standard InChI is InChI=1S/C24H19N5O2S/c30-22(13-16-14-25-20-10-5-4-9-18(16)20)26-27-24(31)19-15-29(17-7-2-1-3-8-17)28-23(19)21-11-6-12-32-21/h1-12,14-15,25H,13H2,(H,26,30)(H,27,31). The minimum absolute atomic E-state index is 0.144. The van der Waals surface area contributed by atoms with Crippen LogP contribution in [0.3, 0.4) is 0 Å². The van der Waals surface area contributed by atoms with Crippen molar-refractivity contribution < 1.29 is 9.59 Å². The van der Waals surface area contributed by atoms with Crippen molar-refractivity contribution in [2.24, 2.45) is 0 Å². The van der Waals surface area contributed by atoms with Crippen molar-refractivity contribution in [1.82, 2.24) is 25.6 Å². The minimum atomic E-state index is -0.428. The van der Waals surface area contributed by atoms with Gasteiger partial charge in [-0.3, -0.25) is 20.4 Å². The van der Waals surface area contributed by atoms with Crippen molar-refractivity contribution in [2.75, 3.05) is 0 Å². The molecule has 7 nitrogen and oxygen atoms in total. The molecule has 0 unspecified atom stereocenters. The van der Waals surface area contributed by atoms with Crippen LogP contribution in [0.2, 0.25) is 0 Å². The summed E-state index contributed by atoms with van der Waals surface area (Å²) in [5.41, 5.74) is 8.66. The largest absolute Gasteiger partial charge is 0.361 e. The van der Waals surface area contributed by atoms with E-state index in [2.05, 4.69) is 20.9 Å². The van der Waals surface area contributed by atoms with Gasteiger partial charge in [0.15, 0.2) is 0 Å². The minimum Gasteiger partial charge on any atom is -0.361 e. The molecule has 2 aromatic carbocycles. The van der Waals surface area contributed by atoms with Crippen molar-refractivity contribution in [3.05, 3.63) is 95.6 Å². The number of fused-ring (bicyclic) bond motifs is 1. The van der Waals surface area contributed by atoms with Crippen LogP contribution in [-0.2, 0) is 11.2 Å². The molecule has 0 radical (unpaired) electrons. The van der Waals surface area contributed by atoms with Gasteiger partial charge in [0.1, 0.15) is 5.69 Å². The van der Waals surface area contributed by atoms with Crippen LogP contribution < -0.4 is 10.9 Å². The Labute approximate surface area is 187 Å². The van der Waals surface area contributed by atoms with Crippen molar-refractivity contribution in [1.29, 1.82) is 0 Å². The quantitative estimate of drug-likeness (QED) is 0.359. The van der Waals surface area contributed by atoms with E-state index >= 15 is 0 Å². The predicted octanol–water partition coefficient (Wildman–Crippen LogP) is 4.09. The second-order valence-corrected chi connectivity index (χ2v) is 8.14. The van der Waals surface area contributed by atoms with Crippen LogP contribution in [0.1, 0.15) is 15.9 Å². The molecule has 32 heavy (non-hydrogen) atoms. The third-order valence-corrected chi connectivity index (χ3v) is 5.95. The zero-order valence-electron chi connectivity index (χ0n) is 16.9. The number of hydrogen-bond donors (Lipinski definition) is 3. The molecule has 158 valence electrons. The third kappa shape index (κ3) is 3.91. The molecule has 2 amide bonds. The zero-order valence-corrected chi connectivity index (χ0v) is 17.7. The molecule has 0 saturated heterocycles. The number of nitrogens with zero attached hydrogens (tertiary/aromatic N) is 2. The summed E-state index contributed by atoms with van der Waals surface area (Å²) < 4.78 is 1.66. The highest BCUT2D eigenvalue weighted by Crippen LogP contribution is 2.27. The summed E-state index contributed by atoms with van der Waals surface area (Å²) in [6.45, 7) is 0. The van der Waals surface area contributed by atoms with E-state index in [1.807, 2.05) is 78.3 Å². The average Bonchev–Trinajstić information content (AvgIpc) is 3.58. The Hall–Kier alpha value is -4.17. The smallest absolute Gasteiger partial charge is 0.273 e.